The molecule has 1 aromatic carbocycles. The number of rotatable bonds is 5. The van der Waals surface area contributed by atoms with Crippen molar-refractivity contribution in [2.75, 3.05) is 12.4 Å². The molecule has 23 heavy (non-hydrogen) atoms. The van der Waals surface area contributed by atoms with Gasteiger partial charge in [0.05, 0.1) is 25.0 Å². The van der Waals surface area contributed by atoms with Crippen LogP contribution >= 0.6 is 15.9 Å². The lowest BCUT2D eigenvalue weighted by Gasteiger charge is -2.06. The number of benzene rings is 1. The SMILES string of the molecule is COc1ccc(-n2ccc(CNc3cc(C)c(Br)cn3)n2)cc1. The minimum absolute atomic E-state index is 0.622. The smallest absolute Gasteiger partial charge is 0.126 e. The molecule has 0 aliphatic carbocycles. The molecule has 0 saturated carbocycles. The summed E-state index contributed by atoms with van der Waals surface area (Å²) in [5.74, 6) is 1.67. The maximum atomic E-state index is 5.17. The number of halogens is 1. The van der Waals surface area contributed by atoms with Gasteiger partial charge in [0.25, 0.3) is 0 Å². The molecule has 118 valence electrons. The molecule has 3 rings (SSSR count). The van der Waals surface area contributed by atoms with Gasteiger partial charge in [0.1, 0.15) is 11.6 Å². The summed E-state index contributed by atoms with van der Waals surface area (Å²) in [6.45, 7) is 2.66. The van der Waals surface area contributed by atoms with Crippen molar-refractivity contribution < 1.29 is 4.74 Å². The van der Waals surface area contributed by atoms with Gasteiger partial charge in [-0.15, -0.1) is 0 Å². The van der Waals surface area contributed by atoms with Crippen molar-refractivity contribution in [1.82, 2.24) is 14.8 Å². The van der Waals surface area contributed by atoms with Crippen molar-refractivity contribution in [3.63, 3.8) is 0 Å². The van der Waals surface area contributed by atoms with Crippen molar-refractivity contribution in [2.45, 2.75) is 13.5 Å². The summed E-state index contributed by atoms with van der Waals surface area (Å²) in [5.41, 5.74) is 3.09. The Kier molecular flexibility index (Phi) is 4.62. The van der Waals surface area contributed by atoms with E-state index < -0.39 is 0 Å². The summed E-state index contributed by atoms with van der Waals surface area (Å²) in [7, 11) is 1.66. The number of methoxy groups -OCH3 is 1. The van der Waals surface area contributed by atoms with Crippen LogP contribution in [0.1, 0.15) is 11.3 Å². The highest BCUT2D eigenvalue weighted by Gasteiger charge is 2.03. The van der Waals surface area contributed by atoms with Gasteiger partial charge >= 0.3 is 0 Å². The van der Waals surface area contributed by atoms with E-state index >= 15 is 0 Å². The second-order valence-corrected chi connectivity index (χ2v) is 5.98. The molecule has 6 heteroatoms. The van der Waals surface area contributed by atoms with Crippen LogP contribution in [0.25, 0.3) is 5.69 Å². The summed E-state index contributed by atoms with van der Waals surface area (Å²) in [4.78, 5) is 4.33. The summed E-state index contributed by atoms with van der Waals surface area (Å²) < 4.78 is 8.02. The van der Waals surface area contributed by atoms with Crippen molar-refractivity contribution in [2.24, 2.45) is 0 Å². The Bertz CT molecular complexity index is 799. The second kappa shape index (κ2) is 6.83. The van der Waals surface area contributed by atoms with E-state index in [1.54, 1.807) is 13.3 Å². The van der Waals surface area contributed by atoms with Crippen molar-refractivity contribution >= 4 is 21.7 Å². The zero-order chi connectivity index (χ0) is 16.2. The lowest BCUT2D eigenvalue weighted by atomic mass is 10.3. The van der Waals surface area contributed by atoms with E-state index in [4.69, 9.17) is 4.74 Å². The first-order valence-electron chi connectivity index (χ1n) is 7.21. The van der Waals surface area contributed by atoms with Gasteiger partial charge in [-0.1, -0.05) is 0 Å². The molecule has 2 aromatic heterocycles. The molecular weight excluding hydrogens is 356 g/mol. The number of nitrogens with zero attached hydrogens (tertiary/aromatic N) is 3. The van der Waals surface area contributed by atoms with Gasteiger partial charge in [0, 0.05) is 16.9 Å². The number of ether oxygens (including phenoxy) is 1. The van der Waals surface area contributed by atoms with Gasteiger partial charge in [-0.3, -0.25) is 0 Å². The fourth-order valence-electron chi connectivity index (χ4n) is 2.15. The van der Waals surface area contributed by atoms with Crippen LogP contribution < -0.4 is 10.1 Å². The standard InChI is InChI=1S/C17H17BrN4O/c1-12-9-17(20-11-16(12)18)19-10-13-7-8-22(21-13)14-3-5-15(23-2)6-4-14/h3-9,11H,10H2,1-2H3,(H,19,20). The summed E-state index contributed by atoms with van der Waals surface area (Å²) >= 11 is 3.45. The highest BCUT2D eigenvalue weighted by molar-refractivity contribution is 9.10. The maximum Gasteiger partial charge on any atom is 0.126 e. The van der Waals surface area contributed by atoms with Crippen LogP contribution in [0, 0.1) is 6.92 Å². The fourth-order valence-corrected chi connectivity index (χ4v) is 2.37. The summed E-state index contributed by atoms with van der Waals surface area (Å²) in [6, 6.07) is 11.8. The minimum atomic E-state index is 0.622. The second-order valence-electron chi connectivity index (χ2n) is 5.12. The van der Waals surface area contributed by atoms with Gasteiger partial charge in [-0.05, 0) is 64.8 Å². The van der Waals surface area contributed by atoms with Crippen LogP contribution in [0.5, 0.6) is 5.75 Å². The molecule has 0 aliphatic rings. The molecule has 0 bridgehead atoms. The van der Waals surface area contributed by atoms with E-state index in [1.807, 2.05) is 54.2 Å². The zero-order valence-electron chi connectivity index (χ0n) is 13.0. The van der Waals surface area contributed by atoms with Crippen LogP contribution in [0.15, 0.2) is 53.3 Å². The van der Waals surface area contributed by atoms with E-state index in [0.29, 0.717) is 6.54 Å². The van der Waals surface area contributed by atoms with Crippen molar-refractivity contribution in [3.05, 3.63) is 64.5 Å². The maximum absolute atomic E-state index is 5.17. The average molecular weight is 373 g/mol. The van der Waals surface area contributed by atoms with Crippen LogP contribution in [0.3, 0.4) is 0 Å². The first-order valence-corrected chi connectivity index (χ1v) is 8.00. The molecule has 2 heterocycles. The number of pyridine rings is 1. The molecule has 0 aliphatic heterocycles. The van der Waals surface area contributed by atoms with Gasteiger partial charge in [-0.2, -0.15) is 5.10 Å². The molecule has 0 spiro atoms. The molecule has 0 fully saturated rings. The van der Waals surface area contributed by atoms with E-state index in [1.165, 1.54) is 0 Å². The van der Waals surface area contributed by atoms with Gasteiger partial charge < -0.3 is 10.1 Å². The van der Waals surface area contributed by atoms with Crippen LogP contribution in [-0.4, -0.2) is 21.9 Å². The predicted molar refractivity (Wildman–Crippen MR) is 94.1 cm³/mol. The largest absolute Gasteiger partial charge is 0.497 e. The lowest BCUT2D eigenvalue weighted by molar-refractivity contribution is 0.414. The van der Waals surface area contributed by atoms with E-state index in [9.17, 15) is 0 Å². The highest BCUT2D eigenvalue weighted by atomic mass is 79.9. The Labute approximate surface area is 143 Å². The zero-order valence-corrected chi connectivity index (χ0v) is 14.5. The molecule has 0 amide bonds. The predicted octanol–water partition coefficient (Wildman–Crippen LogP) is 3.96. The van der Waals surface area contributed by atoms with Crippen molar-refractivity contribution in [3.8, 4) is 11.4 Å². The quantitative estimate of drug-likeness (QED) is 0.736. The molecule has 0 atom stereocenters. The molecule has 1 N–H and O–H groups in total. The van der Waals surface area contributed by atoms with Gasteiger partial charge in [-0.25, -0.2) is 9.67 Å². The normalized spacial score (nSPS) is 10.6. The monoisotopic (exact) mass is 372 g/mol. The lowest BCUT2D eigenvalue weighted by Crippen LogP contribution is -2.03. The molecule has 0 unspecified atom stereocenters. The summed E-state index contributed by atoms with van der Waals surface area (Å²) in [6.07, 6.45) is 3.74. The summed E-state index contributed by atoms with van der Waals surface area (Å²) in [5, 5.41) is 7.85. The highest BCUT2D eigenvalue weighted by Crippen LogP contribution is 2.18. The number of hydrogen-bond acceptors (Lipinski definition) is 4. The van der Waals surface area contributed by atoms with Crippen molar-refractivity contribution in [1.29, 1.82) is 0 Å². The molecule has 3 aromatic rings. The number of nitrogens with one attached hydrogen (secondary N) is 1. The minimum Gasteiger partial charge on any atom is -0.497 e. The number of hydrogen-bond donors (Lipinski definition) is 1. The van der Waals surface area contributed by atoms with Gasteiger partial charge in [0.15, 0.2) is 0 Å². The topological polar surface area (TPSA) is 52.0 Å². The third-order valence-electron chi connectivity index (χ3n) is 3.48. The Hall–Kier alpha value is -2.34. The Morgan fingerprint density at radius 2 is 2.00 bits per heavy atom. The van der Waals surface area contributed by atoms with Crippen LogP contribution in [-0.2, 0) is 6.54 Å². The Morgan fingerprint density at radius 1 is 1.22 bits per heavy atom. The van der Waals surface area contributed by atoms with Crippen LogP contribution in [0.4, 0.5) is 5.82 Å². The van der Waals surface area contributed by atoms with E-state index in [2.05, 4.69) is 31.3 Å². The van der Waals surface area contributed by atoms with E-state index in [0.717, 1.165) is 33.0 Å². The first-order chi connectivity index (χ1) is 11.2. The number of aromatic nitrogens is 3. The average Bonchev–Trinajstić information content (AvgIpc) is 3.05. The Morgan fingerprint density at radius 3 is 2.70 bits per heavy atom. The third kappa shape index (κ3) is 3.71. The van der Waals surface area contributed by atoms with Gasteiger partial charge in [0.2, 0.25) is 0 Å². The molecule has 5 nitrogen and oxygen atoms in total. The number of anilines is 1. The molecular formula is C17H17BrN4O. The fraction of sp³-hybridized carbons (Fsp3) is 0.176. The third-order valence-corrected chi connectivity index (χ3v) is 4.31. The Balaban J connectivity index is 1.67. The van der Waals surface area contributed by atoms with Crippen LogP contribution in [0.2, 0.25) is 0 Å². The molecule has 0 radical (unpaired) electrons. The molecule has 0 saturated heterocycles. The number of aryl methyl sites for hydroxylation is 1. The first kappa shape index (κ1) is 15.6. The van der Waals surface area contributed by atoms with E-state index in [-0.39, 0.29) is 0 Å².